The number of aliphatic hydroxyl groups is 1. The first kappa shape index (κ1) is 23.8. The first-order chi connectivity index (χ1) is 15.1. The van der Waals surface area contributed by atoms with E-state index in [4.69, 9.17) is 16.3 Å². The molecule has 1 N–H and O–H groups in total. The molecule has 1 amide bonds. The minimum absolute atomic E-state index is 0.0467. The number of halogens is 1. The summed E-state index contributed by atoms with van der Waals surface area (Å²) in [7, 11) is 5.37. The van der Waals surface area contributed by atoms with Crippen LogP contribution in [0.3, 0.4) is 0 Å². The van der Waals surface area contributed by atoms with E-state index >= 15 is 0 Å². The zero-order valence-electron chi connectivity index (χ0n) is 19.1. The maximum absolute atomic E-state index is 13.2. The van der Waals surface area contributed by atoms with Gasteiger partial charge in [0.15, 0.2) is 0 Å². The Kier molecular flexibility index (Phi) is 7.26. The van der Waals surface area contributed by atoms with E-state index < -0.39 is 17.7 Å². The second-order valence-electron chi connectivity index (χ2n) is 8.39. The minimum Gasteiger partial charge on any atom is -0.507 e. The molecule has 0 radical (unpaired) electrons. The summed E-state index contributed by atoms with van der Waals surface area (Å²) in [5, 5.41) is 11.7. The molecule has 0 spiro atoms. The molecule has 1 atom stereocenters. The first-order valence-electron chi connectivity index (χ1n) is 10.5. The van der Waals surface area contributed by atoms with Crippen molar-refractivity contribution < 1.29 is 19.4 Å². The molecule has 32 heavy (non-hydrogen) atoms. The van der Waals surface area contributed by atoms with E-state index in [9.17, 15) is 14.7 Å². The number of aliphatic hydroxyl groups excluding tert-OH is 1. The van der Waals surface area contributed by atoms with Gasteiger partial charge in [-0.15, -0.1) is 0 Å². The third-order valence-corrected chi connectivity index (χ3v) is 5.83. The smallest absolute Gasteiger partial charge is 0.295 e. The molecule has 2 aromatic carbocycles. The van der Waals surface area contributed by atoms with Gasteiger partial charge in [0, 0.05) is 6.54 Å². The van der Waals surface area contributed by atoms with E-state index in [0.717, 1.165) is 23.2 Å². The van der Waals surface area contributed by atoms with E-state index in [2.05, 4.69) is 0 Å². The fraction of sp³-hybridized carbons (Fsp3) is 0.360. The number of aryl methyl sites for hydroxylation is 2. The van der Waals surface area contributed by atoms with Crippen molar-refractivity contribution in [2.45, 2.75) is 26.3 Å². The number of ether oxygens (including phenoxy) is 1. The summed E-state index contributed by atoms with van der Waals surface area (Å²) in [6.45, 7) is 4.94. The molecule has 1 fully saturated rings. The quantitative estimate of drug-likeness (QED) is 0.381. The molecule has 2 aromatic rings. The van der Waals surface area contributed by atoms with Crippen LogP contribution in [-0.4, -0.2) is 60.9 Å². The van der Waals surface area contributed by atoms with Crippen molar-refractivity contribution in [2.75, 3.05) is 34.3 Å². The van der Waals surface area contributed by atoms with Crippen LogP contribution in [0.1, 0.15) is 34.7 Å². The van der Waals surface area contributed by atoms with Gasteiger partial charge in [-0.1, -0.05) is 41.4 Å². The number of carbonyl (C=O) groups excluding carboxylic acids is 2. The number of likely N-dealkylation sites (tertiary alicyclic amines) is 1. The predicted molar refractivity (Wildman–Crippen MR) is 126 cm³/mol. The SMILES string of the molecule is COc1c(Cl)cc(C)cc1/C(O)=C1\C(=O)C(=O)N(CCCN(C)C)C1c1cccc(C)c1. The van der Waals surface area contributed by atoms with Crippen molar-refractivity contribution in [3.63, 3.8) is 0 Å². The van der Waals surface area contributed by atoms with Gasteiger partial charge in [0.05, 0.1) is 29.3 Å². The van der Waals surface area contributed by atoms with Crippen LogP contribution in [0, 0.1) is 13.8 Å². The van der Waals surface area contributed by atoms with Crippen LogP contribution in [0.25, 0.3) is 5.76 Å². The third-order valence-electron chi connectivity index (χ3n) is 5.55. The van der Waals surface area contributed by atoms with Crippen LogP contribution in [0.5, 0.6) is 5.75 Å². The van der Waals surface area contributed by atoms with E-state index in [0.29, 0.717) is 23.6 Å². The first-order valence-corrected chi connectivity index (χ1v) is 10.9. The van der Waals surface area contributed by atoms with Crippen LogP contribution in [0.2, 0.25) is 5.02 Å². The van der Waals surface area contributed by atoms with Crippen molar-refractivity contribution >= 4 is 29.1 Å². The van der Waals surface area contributed by atoms with Crippen molar-refractivity contribution in [2.24, 2.45) is 0 Å². The summed E-state index contributed by atoms with van der Waals surface area (Å²) in [4.78, 5) is 29.8. The second-order valence-corrected chi connectivity index (χ2v) is 8.80. The van der Waals surface area contributed by atoms with Gasteiger partial charge in [-0.05, 0) is 64.2 Å². The molecule has 0 bridgehead atoms. The molecule has 170 valence electrons. The molecular weight excluding hydrogens is 428 g/mol. The van der Waals surface area contributed by atoms with Gasteiger partial charge in [-0.25, -0.2) is 0 Å². The Bertz CT molecular complexity index is 1080. The lowest BCUT2D eigenvalue weighted by Crippen LogP contribution is -2.32. The largest absolute Gasteiger partial charge is 0.507 e. The van der Waals surface area contributed by atoms with Gasteiger partial charge in [0.25, 0.3) is 11.7 Å². The zero-order chi connectivity index (χ0) is 23.6. The molecule has 1 aliphatic rings. The lowest BCUT2D eigenvalue weighted by molar-refractivity contribution is -0.139. The minimum atomic E-state index is -0.710. The molecule has 1 unspecified atom stereocenters. The monoisotopic (exact) mass is 456 g/mol. The van der Waals surface area contributed by atoms with Crippen molar-refractivity contribution in [3.05, 3.63) is 69.2 Å². The van der Waals surface area contributed by atoms with Gasteiger partial charge in [0.1, 0.15) is 11.5 Å². The summed E-state index contributed by atoms with van der Waals surface area (Å²) in [5.74, 6) is -1.35. The fourth-order valence-corrected chi connectivity index (χ4v) is 4.46. The highest BCUT2D eigenvalue weighted by molar-refractivity contribution is 6.46. The van der Waals surface area contributed by atoms with Crippen LogP contribution in [0.4, 0.5) is 0 Å². The lowest BCUT2D eigenvalue weighted by atomic mass is 9.93. The van der Waals surface area contributed by atoms with Gasteiger partial charge >= 0.3 is 0 Å². The highest BCUT2D eigenvalue weighted by Crippen LogP contribution is 2.42. The second kappa shape index (κ2) is 9.76. The number of carbonyl (C=O) groups is 2. The third kappa shape index (κ3) is 4.66. The topological polar surface area (TPSA) is 70.1 Å². The summed E-state index contributed by atoms with van der Waals surface area (Å²) in [5.41, 5.74) is 2.91. The van der Waals surface area contributed by atoms with Gasteiger partial charge in [-0.2, -0.15) is 0 Å². The average Bonchev–Trinajstić information content (AvgIpc) is 2.97. The number of ketones is 1. The van der Waals surface area contributed by atoms with E-state index in [-0.39, 0.29) is 17.1 Å². The molecule has 3 rings (SSSR count). The number of hydrogen-bond donors (Lipinski definition) is 1. The summed E-state index contributed by atoms with van der Waals surface area (Å²) in [6.07, 6.45) is 0.696. The standard InChI is InChI=1S/C25H29ClN2O4/c1-15-8-6-9-17(12-15)21-20(23(30)25(31)28(21)11-7-10-27(3)4)22(29)18-13-16(2)14-19(26)24(18)32-5/h6,8-9,12-14,21,29H,7,10-11H2,1-5H3/b22-20+. The number of benzene rings is 2. The van der Waals surface area contributed by atoms with Crippen molar-refractivity contribution in [1.82, 2.24) is 9.80 Å². The zero-order valence-corrected chi connectivity index (χ0v) is 19.9. The summed E-state index contributed by atoms with van der Waals surface area (Å²) < 4.78 is 5.41. The van der Waals surface area contributed by atoms with Crippen LogP contribution >= 0.6 is 11.6 Å². The van der Waals surface area contributed by atoms with Crippen molar-refractivity contribution in [3.8, 4) is 5.75 Å². The van der Waals surface area contributed by atoms with Gasteiger partial charge < -0.3 is 19.6 Å². The molecule has 0 aliphatic carbocycles. The maximum atomic E-state index is 13.2. The highest BCUT2D eigenvalue weighted by Gasteiger charge is 2.46. The number of methoxy groups -OCH3 is 1. The summed E-state index contributed by atoms with van der Waals surface area (Å²) in [6, 6.07) is 10.4. The van der Waals surface area contributed by atoms with E-state index in [1.807, 2.05) is 57.1 Å². The molecular formula is C25H29ClN2O4. The number of rotatable bonds is 7. The Morgan fingerprint density at radius 1 is 1.16 bits per heavy atom. The number of hydrogen-bond acceptors (Lipinski definition) is 5. The van der Waals surface area contributed by atoms with Gasteiger partial charge in [0.2, 0.25) is 0 Å². The van der Waals surface area contributed by atoms with Crippen molar-refractivity contribution in [1.29, 1.82) is 0 Å². The Morgan fingerprint density at radius 2 is 1.88 bits per heavy atom. The van der Waals surface area contributed by atoms with Gasteiger partial charge in [-0.3, -0.25) is 9.59 Å². The van der Waals surface area contributed by atoms with E-state index in [1.165, 1.54) is 7.11 Å². The molecule has 0 aromatic heterocycles. The molecule has 1 aliphatic heterocycles. The average molecular weight is 457 g/mol. The Hall–Kier alpha value is -2.83. The molecule has 7 heteroatoms. The molecule has 1 saturated heterocycles. The fourth-order valence-electron chi connectivity index (χ4n) is 4.11. The van der Waals surface area contributed by atoms with Crippen LogP contribution < -0.4 is 4.74 Å². The lowest BCUT2D eigenvalue weighted by Gasteiger charge is -2.26. The van der Waals surface area contributed by atoms with E-state index in [1.54, 1.807) is 17.0 Å². The highest BCUT2D eigenvalue weighted by atomic mass is 35.5. The normalized spacial score (nSPS) is 18.0. The number of amides is 1. The Balaban J connectivity index is 2.20. The summed E-state index contributed by atoms with van der Waals surface area (Å²) >= 11 is 6.33. The van der Waals surface area contributed by atoms with Crippen LogP contribution in [0.15, 0.2) is 42.0 Å². The Morgan fingerprint density at radius 3 is 2.50 bits per heavy atom. The molecule has 1 heterocycles. The number of nitrogens with zero attached hydrogens (tertiary/aromatic N) is 2. The maximum Gasteiger partial charge on any atom is 0.295 e. The molecule has 6 nitrogen and oxygen atoms in total. The molecule has 0 saturated carbocycles. The van der Waals surface area contributed by atoms with Crippen LogP contribution in [-0.2, 0) is 9.59 Å². The number of Topliss-reactive ketones (excluding diaryl/α,β-unsaturated/α-hetero) is 1. The predicted octanol–water partition coefficient (Wildman–Crippen LogP) is 4.34. The Labute approximate surface area is 194 Å².